The molecular formula is C16H16N2S2. The Bertz CT molecular complexity index is 667. The lowest BCUT2D eigenvalue weighted by molar-refractivity contribution is 1.04. The summed E-state index contributed by atoms with van der Waals surface area (Å²) in [5, 5.41) is 2.72. The van der Waals surface area contributed by atoms with Crippen LogP contribution < -0.4 is 9.80 Å². The molecule has 0 bridgehead atoms. The van der Waals surface area contributed by atoms with Crippen LogP contribution in [-0.2, 0) is 0 Å². The Morgan fingerprint density at radius 1 is 0.700 bits per heavy atom. The summed E-state index contributed by atoms with van der Waals surface area (Å²) in [6.07, 6.45) is 0. The van der Waals surface area contributed by atoms with Gasteiger partial charge in [-0.05, 0) is 39.8 Å². The summed E-state index contributed by atoms with van der Waals surface area (Å²) in [7, 11) is 0. The van der Waals surface area contributed by atoms with Crippen LogP contribution in [0.15, 0.2) is 55.5 Å². The first kappa shape index (κ1) is 12.5. The van der Waals surface area contributed by atoms with Crippen molar-refractivity contribution in [3.63, 3.8) is 0 Å². The highest BCUT2D eigenvalue weighted by Crippen LogP contribution is 2.58. The quantitative estimate of drug-likeness (QED) is 0.629. The molecule has 2 nitrogen and oxygen atoms in total. The normalized spacial score (nSPS) is 20.8. The number of nitrogens with zero attached hydrogens (tertiary/aromatic N) is 2. The number of anilines is 2. The highest BCUT2D eigenvalue weighted by molar-refractivity contribution is 8.10. The number of thioether (sulfide) groups is 2. The topological polar surface area (TPSA) is 6.48 Å². The molecule has 3 heterocycles. The van der Waals surface area contributed by atoms with E-state index >= 15 is 0 Å². The zero-order chi connectivity index (χ0) is 14.0. The van der Waals surface area contributed by atoms with Crippen LogP contribution in [0.4, 0.5) is 11.4 Å². The summed E-state index contributed by atoms with van der Waals surface area (Å²) in [5.41, 5.74) is 5.30. The molecule has 0 unspecified atom stereocenters. The molecule has 3 aliphatic heterocycles. The average molecular weight is 300 g/mol. The third kappa shape index (κ3) is 1.44. The standard InChI is InChI=1S/C16H16N2S2/c1-9-11(3)19-15-16-18(10(2)12(4)20-16)14-8-6-5-7-13(14)17(9)15/h5-8H,1-4H3. The molecule has 0 saturated heterocycles. The van der Waals surface area contributed by atoms with Gasteiger partial charge >= 0.3 is 0 Å². The number of hydrogen-bond acceptors (Lipinski definition) is 4. The maximum absolute atomic E-state index is 2.42. The fourth-order valence-electron chi connectivity index (χ4n) is 2.85. The zero-order valence-corrected chi connectivity index (χ0v) is 13.7. The van der Waals surface area contributed by atoms with Crippen molar-refractivity contribution in [1.29, 1.82) is 0 Å². The van der Waals surface area contributed by atoms with Gasteiger partial charge in [-0.2, -0.15) is 0 Å². The average Bonchev–Trinajstić information content (AvgIpc) is 2.90. The van der Waals surface area contributed by atoms with E-state index in [1.54, 1.807) is 0 Å². The predicted octanol–water partition coefficient (Wildman–Crippen LogP) is 5.44. The monoisotopic (exact) mass is 300 g/mol. The van der Waals surface area contributed by atoms with Crippen LogP contribution in [0.1, 0.15) is 27.7 Å². The fourth-order valence-corrected chi connectivity index (χ4v) is 5.17. The molecule has 1 aromatic carbocycles. The van der Waals surface area contributed by atoms with Crippen LogP contribution in [0.2, 0.25) is 0 Å². The van der Waals surface area contributed by atoms with Gasteiger partial charge in [-0.1, -0.05) is 35.7 Å². The SMILES string of the molecule is CC1=C(C)N2C(=C3SC(C)=C(C)N3c3ccccc32)S1. The van der Waals surface area contributed by atoms with Gasteiger partial charge in [0.05, 0.1) is 11.4 Å². The van der Waals surface area contributed by atoms with E-state index in [-0.39, 0.29) is 0 Å². The van der Waals surface area contributed by atoms with E-state index in [1.807, 2.05) is 23.5 Å². The molecular weight excluding hydrogens is 284 g/mol. The van der Waals surface area contributed by atoms with Crippen LogP contribution in [0.3, 0.4) is 0 Å². The van der Waals surface area contributed by atoms with Crippen molar-refractivity contribution in [2.24, 2.45) is 0 Å². The van der Waals surface area contributed by atoms with Gasteiger partial charge < -0.3 is 9.80 Å². The van der Waals surface area contributed by atoms with Crippen molar-refractivity contribution >= 4 is 34.9 Å². The number of benzene rings is 1. The molecule has 4 heteroatoms. The molecule has 0 N–H and O–H groups in total. The Kier molecular flexibility index (Phi) is 2.57. The molecule has 1 aromatic rings. The summed E-state index contributed by atoms with van der Waals surface area (Å²) in [5.74, 6) is 0. The number of rotatable bonds is 0. The van der Waals surface area contributed by atoms with E-state index in [4.69, 9.17) is 0 Å². The third-order valence-corrected chi connectivity index (χ3v) is 6.61. The first-order chi connectivity index (χ1) is 9.59. The molecule has 0 atom stereocenters. The van der Waals surface area contributed by atoms with Crippen LogP contribution in [0.5, 0.6) is 0 Å². The van der Waals surface area contributed by atoms with Gasteiger partial charge in [0.25, 0.3) is 0 Å². The lowest BCUT2D eigenvalue weighted by atomic mass is 10.1. The van der Waals surface area contributed by atoms with Crippen molar-refractivity contribution in [3.05, 3.63) is 55.5 Å². The first-order valence-electron chi connectivity index (χ1n) is 6.74. The first-order valence-corrected chi connectivity index (χ1v) is 8.37. The maximum atomic E-state index is 2.42. The molecule has 20 heavy (non-hydrogen) atoms. The molecule has 0 spiro atoms. The van der Waals surface area contributed by atoms with Crippen molar-refractivity contribution < 1.29 is 0 Å². The van der Waals surface area contributed by atoms with Crippen molar-refractivity contribution in [2.75, 3.05) is 9.80 Å². The lowest BCUT2D eigenvalue weighted by Crippen LogP contribution is -2.29. The molecule has 0 aromatic heterocycles. The number of para-hydroxylation sites is 2. The molecule has 0 amide bonds. The molecule has 3 aliphatic rings. The Balaban J connectivity index is 2.02. The minimum atomic E-state index is 1.29. The molecule has 0 fully saturated rings. The van der Waals surface area contributed by atoms with Gasteiger partial charge in [0.15, 0.2) is 0 Å². The minimum absolute atomic E-state index is 1.29. The molecule has 4 rings (SSSR count). The summed E-state index contributed by atoms with van der Waals surface area (Å²) in [4.78, 5) is 7.62. The Morgan fingerprint density at radius 2 is 1.10 bits per heavy atom. The molecule has 0 saturated carbocycles. The van der Waals surface area contributed by atoms with Crippen LogP contribution in [-0.4, -0.2) is 0 Å². The van der Waals surface area contributed by atoms with Gasteiger partial charge in [0.1, 0.15) is 10.1 Å². The minimum Gasteiger partial charge on any atom is -0.304 e. The van der Waals surface area contributed by atoms with E-state index in [2.05, 4.69) is 61.8 Å². The molecule has 0 radical (unpaired) electrons. The largest absolute Gasteiger partial charge is 0.304 e. The second-order valence-corrected chi connectivity index (χ2v) is 7.66. The Hall–Kier alpha value is -1.26. The van der Waals surface area contributed by atoms with Crippen LogP contribution >= 0.6 is 23.5 Å². The van der Waals surface area contributed by atoms with E-state index in [9.17, 15) is 0 Å². The van der Waals surface area contributed by atoms with E-state index in [0.29, 0.717) is 0 Å². The summed E-state index contributed by atoms with van der Waals surface area (Å²) < 4.78 is 0. The second kappa shape index (κ2) is 4.12. The summed E-state index contributed by atoms with van der Waals surface area (Å²) >= 11 is 3.80. The van der Waals surface area contributed by atoms with Gasteiger partial charge in [-0.3, -0.25) is 0 Å². The summed E-state index contributed by atoms with van der Waals surface area (Å²) in [6.45, 7) is 8.86. The summed E-state index contributed by atoms with van der Waals surface area (Å²) in [6, 6.07) is 8.70. The number of hydrogen-bond donors (Lipinski definition) is 0. The van der Waals surface area contributed by atoms with Crippen molar-refractivity contribution in [2.45, 2.75) is 27.7 Å². The molecule has 0 aliphatic carbocycles. The smallest absolute Gasteiger partial charge is 0.116 e. The van der Waals surface area contributed by atoms with Gasteiger partial charge in [-0.15, -0.1) is 0 Å². The van der Waals surface area contributed by atoms with E-state index in [1.165, 1.54) is 42.6 Å². The van der Waals surface area contributed by atoms with Crippen LogP contribution in [0.25, 0.3) is 0 Å². The highest BCUT2D eigenvalue weighted by atomic mass is 32.2. The predicted molar refractivity (Wildman–Crippen MR) is 90.4 cm³/mol. The Labute approximate surface area is 128 Å². The van der Waals surface area contributed by atoms with E-state index in [0.717, 1.165) is 0 Å². The highest BCUT2D eigenvalue weighted by Gasteiger charge is 2.40. The fraction of sp³-hybridized carbons (Fsp3) is 0.250. The lowest BCUT2D eigenvalue weighted by Gasteiger charge is -2.36. The second-order valence-electron chi connectivity index (χ2n) is 5.26. The number of fused-ring (bicyclic) bond motifs is 5. The van der Waals surface area contributed by atoms with Crippen molar-refractivity contribution in [3.8, 4) is 0 Å². The Morgan fingerprint density at radius 3 is 1.50 bits per heavy atom. The van der Waals surface area contributed by atoms with Gasteiger partial charge in [-0.25, -0.2) is 0 Å². The van der Waals surface area contributed by atoms with Gasteiger partial charge in [0.2, 0.25) is 0 Å². The maximum Gasteiger partial charge on any atom is 0.116 e. The zero-order valence-electron chi connectivity index (χ0n) is 12.0. The molecule has 102 valence electrons. The van der Waals surface area contributed by atoms with Crippen LogP contribution in [0, 0.1) is 0 Å². The van der Waals surface area contributed by atoms with E-state index < -0.39 is 0 Å². The van der Waals surface area contributed by atoms with Crippen molar-refractivity contribution in [1.82, 2.24) is 0 Å². The van der Waals surface area contributed by atoms with Gasteiger partial charge in [0, 0.05) is 21.2 Å². The number of allylic oxidation sites excluding steroid dienone is 4. The third-order valence-electron chi connectivity index (χ3n) is 4.14.